The van der Waals surface area contributed by atoms with Crippen LogP contribution in [0.4, 0.5) is 5.82 Å². The summed E-state index contributed by atoms with van der Waals surface area (Å²) < 4.78 is 1.84. The maximum atomic E-state index is 12.3. The number of nitrogens with zero attached hydrogens (tertiary/aromatic N) is 2. The molecule has 1 amide bonds. The van der Waals surface area contributed by atoms with Gasteiger partial charge in [0.15, 0.2) is 0 Å². The summed E-state index contributed by atoms with van der Waals surface area (Å²) in [6.07, 6.45) is 8.22. The topological polar surface area (TPSA) is 46.9 Å². The van der Waals surface area contributed by atoms with E-state index in [0.717, 1.165) is 5.82 Å². The molecule has 112 valence electrons. The molecular formula is C15H25N3OS. The average molecular weight is 295 g/mol. The second-order valence-electron chi connectivity index (χ2n) is 5.78. The molecule has 1 atom stereocenters. The quantitative estimate of drug-likeness (QED) is 0.897. The molecule has 20 heavy (non-hydrogen) atoms. The molecule has 0 saturated heterocycles. The standard InChI is InChI=1S/C15H25N3OS/c1-11(2)18-14(9-10-16-18)17-15(19)12(3)20-13-7-5-4-6-8-13/h9-13H,4-8H2,1-3H3,(H,17,19). The second-order valence-corrected chi connectivity index (χ2v) is 7.43. The van der Waals surface area contributed by atoms with Crippen LogP contribution in [0, 0.1) is 0 Å². The molecule has 1 saturated carbocycles. The molecule has 0 aliphatic heterocycles. The molecule has 0 radical (unpaired) electrons. The number of hydrogen-bond acceptors (Lipinski definition) is 3. The third-order valence-electron chi connectivity index (χ3n) is 3.73. The van der Waals surface area contributed by atoms with Gasteiger partial charge >= 0.3 is 0 Å². The maximum Gasteiger partial charge on any atom is 0.238 e. The lowest BCUT2D eigenvalue weighted by atomic mass is 10.0. The summed E-state index contributed by atoms with van der Waals surface area (Å²) in [4.78, 5) is 12.3. The lowest BCUT2D eigenvalue weighted by Crippen LogP contribution is -2.27. The van der Waals surface area contributed by atoms with Gasteiger partial charge in [0.1, 0.15) is 5.82 Å². The number of aromatic nitrogens is 2. The van der Waals surface area contributed by atoms with Crippen LogP contribution in [0.15, 0.2) is 12.3 Å². The predicted octanol–water partition coefficient (Wildman–Crippen LogP) is 3.86. The molecule has 2 rings (SSSR count). The summed E-state index contributed by atoms with van der Waals surface area (Å²) in [5.41, 5.74) is 0. The zero-order valence-corrected chi connectivity index (χ0v) is 13.4. The van der Waals surface area contributed by atoms with Crippen molar-refractivity contribution in [2.24, 2.45) is 0 Å². The summed E-state index contributed by atoms with van der Waals surface area (Å²) in [7, 11) is 0. The van der Waals surface area contributed by atoms with Crippen molar-refractivity contribution in [3.05, 3.63) is 12.3 Å². The SMILES string of the molecule is CC(SC1CCCCC1)C(=O)Nc1ccnn1C(C)C. The summed E-state index contributed by atoms with van der Waals surface area (Å²) in [6.45, 7) is 6.12. The van der Waals surface area contributed by atoms with Crippen molar-refractivity contribution < 1.29 is 4.79 Å². The molecule has 1 fully saturated rings. The molecule has 1 aromatic heterocycles. The van der Waals surface area contributed by atoms with Gasteiger partial charge in [0.25, 0.3) is 0 Å². The maximum absolute atomic E-state index is 12.3. The zero-order chi connectivity index (χ0) is 14.5. The van der Waals surface area contributed by atoms with Gasteiger partial charge in [0.2, 0.25) is 5.91 Å². The molecule has 0 aromatic carbocycles. The van der Waals surface area contributed by atoms with E-state index in [4.69, 9.17) is 0 Å². The summed E-state index contributed by atoms with van der Waals surface area (Å²) in [5, 5.41) is 7.89. The first-order valence-corrected chi connectivity index (χ1v) is 8.52. The van der Waals surface area contributed by atoms with Crippen LogP contribution in [-0.2, 0) is 4.79 Å². The first-order chi connectivity index (χ1) is 9.58. The van der Waals surface area contributed by atoms with Crippen molar-refractivity contribution in [2.45, 2.75) is 69.4 Å². The first kappa shape index (κ1) is 15.4. The molecule has 1 aliphatic carbocycles. The molecule has 4 nitrogen and oxygen atoms in total. The number of carbonyl (C=O) groups excluding carboxylic acids is 1. The van der Waals surface area contributed by atoms with Gasteiger partial charge < -0.3 is 5.32 Å². The van der Waals surface area contributed by atoms with Crippen molar-refractivity contribution in [2.75, 3.05) is 5.32 Å². The van der Waals surface area contributed by atoms with E-state index in [2.05, 4.69) is 24.3 Å². The average Bonchev–Trinajstić information content (AvgIpc) is 2.88. The van der Waals surface area contributed by atoms with Crippen molar-refractivity contribution >= 4 is 23.5 Å². The van der Waals surface area contributed by atoms with Crippen molar-refractivity contribution in [1.82, 2.24) is 9.78 Å². The lowest BCUT2D eigenvalue weighted by molar-refractivity contribution is -0.115. The van der Waals surface area contributed by atoms with Gasteiger partial charge in [0.05, 0.1) is 11.4 Å². The zero-order valence-electron chi connectivity index (χ0n) is 12.6. The van der Waals surface area contributed by atoms with Crippen LogP contribution in [-0.4, -0.2) is 26.2 Å². The Kier molecular flexibility index (Phi) is 5.52. The van der Waals surface area contributed by atoms with Crippen LogP contribution in [0.3, 0.4) is 0 Å². The fourth-order valence-electron chi connectivity index (χ4n) is 2.60. The number of thioether (sulfide) groups is 1. The van der Waals surface area contributed by atoms with E-state index in [1.54, 1.807) is 6.20 Å². The van der Waals surface area contributed by atoms with E-state index in [9.17, 15) is 4.79 Å². The van der Waals surface area contributed by atoms with E-state index in [0.29, 0.717) is 5.25 Å². The summed E-state index contributed by atoms with van der Waals surface area (Å²) >= 11 is 1.82. The Hall–Kier alpha value is -0.970. The molecule has 0 bridgehead atoms. The molecule has 1 aliphatic rings. The minimum atomic E-state index is -0.00591. The predicted molar refractivity (Wildman–Crippen MR) is 85.2 cm³/mol. The Balaban J connectivity index is 1.88. The Morgan fingerprint density at radius 3 is 2.70 bits per heavy atom. The first-order valence-electron chi connectivity index (χ1n) is 7.57. The van der Waals surface area contributed by atoms with E-state index in [-0.39, 0.29) is 17.2 Å². The number of amides is 1. The monoisotopic (exact) mass is 295 g/mol. The van der Waals surface area contributed by atoms with Gasteiger partial charge in [-0.15, -0.1) is 11.8 Å². The normalized spacial score (nSPS) is 18.2. The minimum Gasteiger partial charge on any atom is -0.310 e. The highest BCUT2D eigenvalue weighted by molar-refractivity contribution is 8.01. The van der Waals surface area contributed by atoms with Crippen molar-refractivity contribution in [1.29, 1.82) is 0 Å². The minimum absolute atomic E-state index is 0.00591. The van der Waals surface area contributed by atoms with Gasteiger partial charge in [-0.2, -0.15) is 5.10 Å². The van der Waals surface area contributed by atoms with Crippen molar-refractivity contribution in [3.63, 3.8) is 0 Å². The highest BCUT2D eigenvalue weighted by Gasteiger charge is 2.22. The molecule has 5 heteroatoms. The Labute approximate surface area is 125 Å². The summed E-state index contributed by atoms with van der Waals surface area (Å²) in [5.74, 6) is 0.879. The molecule has 0 spiro atoms. The molecule has 1 heterocycles. The Morgan fingerprint density at radius 2 is 2.05 bits per heavy atom. The summed E-state index contributed by atoms with van der Waals surface area (Å²) in [6, 6.07) is 2.11. The fourth-order valence-corrected chi connectivity index (χ4v) is 3.97. The van der Waals surface area contributed by atoms with Crippen LogP contribution in [0.25, 0.3) is 0 Å². The molecule has 1 unspecified atom stereocenters. The van der Waals surface area contributed by atoms with Gasteiger partial charge in [0, 0.05) is 17.4 Å². The second kappa shape index (κ2) is 7.16. The van der Waals surface area contributed by atoms with E-state index >= 15 is 0 Å². The molecule has 1 N–H and O–H groups in total. The lowest BCUT2D eigenvalue weighted by Gasteiger charge is -2.24. The third kappa shape index (κ3) is 4.01. The fraction of sp³-hybridized carbons (Fsp3) is 0.733. The van der Waals surface area contributed by atoms with Crippen LogP contribution < -0.4 is 5.32 Å². The molecule has 1 aromatic rings. The number of hydrogen-bond donors (Lipinski definition) is 1. The number of rotatable bonds is 5. The number of nitrogens with one attached hydrogen (secondary N) is 1. The van der Waals surface area contributed by atoms with E-state index in [1.165, 1.54) is 32.1 Å². The number of carbonyl (C=O) groups is 1. The van der Waals surface area contributed by atoms with Crippen molar-refractivity contribution in [3.8, 4) is 0 Å². The third-order valence-corrected chi connectivity index (χ3v) is 5.21. The Morgan fingerprint density at radius 1 is 1.35 bits per heavy atom. The van der Waals surface area contributed by atoms with Crippen LogP contribution in [0.5, 0.6) is 0 Å². The van der Waals surface area contributed by atoms with Gasteiger partial charge in [-0.25, -0.2) is 4.68 Å². The van der Waals surface area contributed by atoms with E-state index in [1.807, 2.05) is 29.4 Å². The van der Waals surface area contributed by atoms with E-state index < -0.39 is 0 Å². The largest absolute Gasteiger partial charge is 0.310 e. The van der Waals surface area contributed by atoms with Crippen LogP contribution >= 0.6 is 11.8 Å². The van der Waals surface area contributed by atoms with Crippen LogP contribution in [0.2, 0.25) is 0 Å². The highest BCUT2D eigenvalue weighted by atomic mass is 32.2. The number of anilines is 1. The Bertz CT molecular complexity index is 438. The highest BCUT2D eigenvalue weighted by Crippen LogP contribution is 2.31. The van der Waals surface area contributed by atoms with Crippen LogP contribution in [0.1, 0.15) is 58.9 Å². The van der Waals surface area contributed by atoms with Gasteiger partial charge in [-0.1, -0.05) is 19.3 Å². The molecular weight excluding hydrogens is 270 g/mol. The van der Waals surface area contributed by atoms with Gasteiger partial charge in [-0.05, 0) is 33.6 Å². The van der Waals surface area contributed by atoms with Gasteiger partial charge in [-0.3, -0.25) is 4.79 Å². The smallest absolute Gasteiger partial charge is 0.238 e.